The molecule has 1 aliphatic carbocycles. The van der Waals surface area contributed by atoms with Crippen molar-refractivity contribution in [1.29, 1.82) is 0 Å². The largest absolute Gasteiger partial charge is 0.489 e. The molecule has 0 radical (unpaired) electrons. The molecule has 2 amide bonds. The average molecular weight is 596 g/mol. The van der Waals surface area contributed by atoms with Gasteiger partial charge in [0.05, 0.1) is 61.8 Å². The minimum Gasteiger partial charge on any atom is -0.489 e. The van der Waals surface area contributed by atoms with Crippen molar-refractivity contribution in [2.75, 3.05) is 44.2 Å². The van der Waals surface area contributed by atoms with E-state index in [0.717, 1.165) is 4.90 Å². The van der Waals surface area contributed by atoms with Crippen LogP contribution in [0, 0.1) is 17.7 Å². The molecular weight excluding hydrogens is 557 g/mol. The first-order chi connectivity index (χ1) is 19.8. The number of aliphatic hydroxyl groups is 2. The molecule has 4 unspecified atom stereocenters. The molecule has 42 heavy (non-hydrogen) atoms. The topological polar surface area (TPSA) is 185 Å². The van der Waals surface area contributed by atoms with Crippen LogP contribution in [-0.2, 0) is 24.0 Å². The zero-order valence-electron chi connectivity index (χ0n) is 23.6. The molecule has 4 rings (SSSR count). The van der Waals surface area contributed by atoms with Crippen molar-refractivity contribution < 1.29 is 53.5 Å². The molecule has 2 aliphatic heterocycles. The fourth-order valence-electron chi connectivity index (χ4n) is 5.30. The Kier molecular flexibility index (Phi) is 11.4. The van der Waals surface area contributed by atoms with E-state index in [1.54, 1.807) is 6.07 Å². The highest BCUT2D eigenvalue weighted by Gasteiger charge is 2.52. The molecule has 2 saturated heterocycles. The van der Waals surface area contributed by atoms with E-state index in [2.05, 4.69) is 0 Å². The summed E-state index contributed by atoms with van der Waals surface area (Å²) in [7, 11) is 0. The fourth-order valence-corrected chi connectivity index (χ4v) is 5.30. The van der Waals surface area contributed by atoms with Gasteiger partial charge in [0, 0.05) is 32.2 Å². The van der Waals surface area contributed by atoms with Crippen molar-refractivity contribution in [1.82, 2.24) is 9.80 Å². The first-order valence-electron chi connectivity index (χ1n) is 13.9. The summed E-state index contributed by atoms with van der Waals surface area (Å²) in [5, 5.41) is 35.5. The van der Waals surface area contributed by atoms with Crippen molar-refractivity contribution in [3.8, 4) is 5.75 Å². The lowest BCUT2D eigenvalue weighted by molar-refractivity contribution is -0.143. The number of halogens is 1. The molecule has 1 aromatic carbocycles. The molecule has 232 valence electrons. The number of carboxylic acids is 2. The van der Waals surface area contributed by atoms with E-state index in [4.69, 9.17) is 14.9 Å². The summed E-state index contributed by atoms with van der Waals surface area (Å²) in [6, 6.07) is 4.45. The van der Waals surface area contributed by atoms with Crippen LogP contribution in [0.5, 0.6) is 5.75 Å². The summed E-state index contributed by atoms with van der Waals surface area (Å²) in [4.78, 5) is 62.3. The molecule has 4 atom stereocenters. The van der Waals surface area contributed by atoms with E-state index in [1.165, 1.54) is 12.1 Å². The first kappa shape index (κ1) is 32.9. The summed E-state index contributed by atoms with van der Waals surface area (Å²) >= 11 is 0. The Labute approximate surface area is 242 Å². The van der Waals surface area contributed by atoms with E-state index >= 15 is 0 Å². The van der Waals surface area contributed by atoms with Crippen LogP contribution in [0.15, 0.2) is 18.2 Å². The number of rotatable bonds is 10. The Balaban J connectivity index is 0.000000531. The highest BCUT2D eigenvalue weighted by atomic mass is 19.1. The summed E-state index contributed by atoms with van der Waals surface area (Å²) in [5.41, 5.74) is 0.680. The van der Waals surface area contributed by atoms with Crippen LogP contribution in [0.25, 0.3) is 0 Å². The zero-order chi connectivity index (χ0) is 31.1. The van der Waals surface area contributed by atoms with Crippen LogP contribution in [0.3, 0.4) is 0 Å². The van der Waals surface area contributed by atoms with Crippen LogP contribution in [0.2, 0.25) is 0 Å². The van der Waals surface area contributed by atoms with Crippen LogP contribution in [-0.4, -0.2) is 117 Å². The molecule has 13 nitrogen and oxygen atoms in total. The Bertz CT molecular complexity index is 1130. The second kappa shape index (κ2) is 14.5. The van der Waals surface area contributed by atoms with Gasteiger partial charge in [-0.15, -0.1) is 0 Å². The minimum atomic E-state index is -1.08. The number of aliphatic hydroxyl groups excluding tert-OH is 2. The SMILES string of the molecule is CC(C)Oc1ccc(F)cc1N1CCN(CC(=O)CN2C(=O)C3CC(O)C(O)CC3C2=O)CC1.O=C(O)CCC(=O)O. The van der Waals surface area contributed by atoms with Gasteiger partial charge in [-0.3, -0.25) is 33.8 Å². The fraction of sp³-hybridized carbons (Fsp3) is 0.607. The number of ketones is 1. The summed E-state index contributed by atoms with van der Waals surface area (Å²) in [6.45, 7) is 5.90. The Hall–Kier alpha value is -3.62. The normalized spacial score (nSPS) is 24.2. The molecule has 2 heterocycles. The third-order valence-corrected chi connectivity index (χ3v) is 7.37. The number of benzene rings is 1. The van der Waals surface area contributed by atoms with Crippen LogP contribution >= 0.6 is 0 Å². The predicted molar refractivity (Wildman–Crippen MR) is 145 cm³/mol. The van der Waals surface area contributed by atoms with E-state index < -0.39 is 47.8 Å². The predicted octanol–water partition coefficient (Wildman–Crippen LogP) is 0.357. The van der Waals surface area contributed by atoms with Crippen molar-refractivity contribution in [3.63, 3.8) is 0 Å². The number of fused-ring (bicyclic) bond motifs is 1. The number of amides is 2. The second-order valence-electron chi connectivity index (χ2n) is 10.9. The lowest BCUT2D eigenvalue weighted by Gasteiger charge is -2.36. The van der Waals surface area contributed by atoms with Crippen molar-refractivity contribution in [2.24, 2.45) is 11.8 Å². The quantitative estimate of drug-likeness (QED) is 0.273. The van der Waals surface area contributed by atoms with Crippen molar-refractivity contribution >= 4 is 35.2 Å². The van der Waals surface area contributed by atoms with Gasteiger partial charge in [-0.1, -0.05) is 0 Å². The minimum absolute atomic E-state index is 0.0334. The maximum atomic E-state index is 13.9. The van der Waals surface area contributed by atoms with Crippen molar-refractivity contribution in [3.05, 3.63) is 24.0 Å². The highest BCUT2D eigenvalue weighted by molar-refractivity contribution is 6.07. The molecule has 4 N–H and O–H groups in total. The lowest BCUT2D eigenvalue weighted by atomic mass is 9.78. The number of anilines is 1. The number of nitrogens with zero attached hydrogens (tertiary/aromatic N) is 3. The van der Waals surface area contributed by atoms with E-state index in [0.29, 0.717) is 37.6 Å². The third kappa shape index (κ3) is 8.69. The average Bonchev–Trinajstić information content (AvgIpc) is 3.13. The van der Waals surface area contributed by atoms with Crippen LogP contribution in [0.1, 0.15) is 39.5 Å². The van der Waals surface area contributed by atoms with Gasteiger partial charge in [0.25, 0.3) is 0 Å². The number of carbonyl (C=O) groups is 5. The van der Waals surface area contributed by atoms with E-state index in [-0.39, 0.29) is 56.5 Å². The van der Waals surface area contributed by atoms with Gasteiger partial charge < -0.3 is 30.1 Å². The number of hydrogen-bond acceptors (Lipinski definition) is 10. The van der Waals surface area contributed by atoms with Gasteiger partial charge >= 0.3 is 11.9 Å². The molecule has 3 fully saturated rings. The molecular formula is C28H38FN3O10. The standard InChI is InChI=1S/C24H32FN3O6.C4H6O4/c1-14(2)34-22-4-3-15(25)9-19(22)27-7-5-26(6-8-27)12-16(29)13-28-23(32)17-10-20(30)21(31)11-18(17)24(28)33;5-3(6)1-2-4(7)8/h3-4,9,14,17-18,20-21,30-31H,5-8,10-13H2,1-2H3;1-2H2,(H,5,6)(H,7,8). The summed E-state index contributed by atoms with van der Waals surface area (Å²) in [5.74, 6) is -4.35. The number of piperazine rings is 1. The summed E-state index contributed by atoms with van der Waals surface area (Å²) < 4.78 is 19.7. The van der Waals surface area contributed by atoms with Gasteiger partial charge in [-0.05, 0) is 38.8 Å². The molecule has 0 spiro atoms. The van der Waals surface area contributed by atoms with Gasteiger partial charge in [0.2, 0.25) is 11.8 Å². The maximum Gasteiger partial charge on any atom is 0.303 e. The monoisotopic (exact) mass is 595 g/mol. The van der Waals surface area contributed by atoms with Crippen LogP contribution < -0.4 is 9.64 Å². The second-order valence-corrected chi connectivity index (χ2v) is 10.9. The number of hydrogen-bond donors (Lipinski definition) is 4. The van der Waals surface area contributed by atoms with Crippen LogP contribution in [0.4, 0.5) is 10.1 Å². The van der Waals surface area contributed by atoms with Gasteiger partial charge in [-0.25, -0.2) is 4.39 Å². The first-order valence-corrected chi connectivity index (χ1v) is 13.9. The zero-order valence-corrected chi connectivity index (χ0v) is 23.6. The highest BCUT2D eigenvalue weighted by Crippen LogP contribution is 2.38. The molecule has 3 aliphatic rings. The number of imide groups is 1. The lowest BCUT2D eigenvalue weighted by Crippen LogP contribution is -2.49. The Morgan fingerprint density at radius 3 is 1.90 bits per heavy atom. The number of carbonyl (C=O) groups excluding carboxylic acids is 3. The molecule has 0 bridgehead atoms. The number of Topliss-reactive ketones (excluding diaryl/α,β-unsaturated/α-hetero) is 1. The smallest absolute Gasteiger partial charge is 0.303 e. The van der Waals surface area contributed by atoms with Gasteiger partial charge in [-0.2, -0.15) is 0 Å². The Morgan fingerprint density at radius 2 is 1.43 bits per heavy atom. The van der Waals surface area contributed by atoms with E-state index in [1.807, 2.05) is 23.6 Å². The number of ether oxygens (including phenoxy) is 1. The maximum absolute atomic E-state index is 13.9. The molecule has 14 heteroatoms. The molecule has 1 saturated carbocycles. The molecule has 1 aromatic rings. The number of likely N-dealkylation sites (tertiary alicyclic amines) is 1. The summed E-state index contributed by atoms with van der Waals surface area (Å²) in [6.07, 6.45) is -2.64. The third-order valence-electron chi connectivity index (χ3n) is 7.37. The Morgan fingerprint density at radius 1 is 0.905 bits per heavy atom. The van der Waals surface area contributed by atoms with E-state index in [9.17, 15) is 38.6 Å². The van der Waals surface area contributed by atoms with Gasteiger partial charge in [0.1, 0.15) is 11.6 Å². The number of aliphatic carboxylic acids is 2. The molecule has 0 aromatic heterocycles. The van der Waals surface area contributed by atoms with Gasteiger partial charge in [0.15, 0.2) is 5.78 Å². The number of carboxylic acid groups (broad SMARTS) is 2. The van der Waals surface area contributed by atoms with Crippen molar-refractivity contribution in [2.45, 2.75) is 57.8 Å².